The standard InChI is InChI=1S/C28H26BrNO6S/c1-4-34-23-12-20(13-25-27(32)30(28(33)37-25)15-26(31)36-17(2)3)22(29)14-24(23)35-16-19-10-7-9-18-8-5-6-11-21(18)19/h5-14,17H,4,15-16H2,1-3H3/b25-13+. The molecule has 1 heterocycles. The van der Waals surface area contributed by atoms with Gasteiger partial charge in [0.25, 0.3) is 11.1 Å². The first kappa shape index (κ1) is 26.8. The molecule has 0 spiro atoms. The van der Waals surface area contributed by atoms with Gasteiger partial charge in [0.15, 0.2) is 11.5 Å². The fraction of sp³-hybridized carbons (Fsp3) is 0.250. The van der Waals surface area contributed by atoms with E-state index in [0.717, 1.165) is 33.0 Å². The summed E-state index contributed by atoms with van der Waals surface area (Å²) < 4.78 is 17.7. The SMILES string of the molecule is CCOc1cc(/C=C2/SC(=O)N(CC(=O)OC(C)C)C2=O)c(Br)cc1OCc1cccc2ccccc12. The van der Waals surface area contributed by atoms with Crippen LogP contribution in [0.4, 0.5) is 4.79 Å². The first-order valence-corrected chi connectivity index (χ1v) is 13.4. The number of nitrogens with zero attached hydrogens (tertiary/aromatic N) is 1. The number of carbonyl (C=O) groups excluding carboxylic acids is 3. The second-order valence-electron chi connectivity index (χ2n) is 8.49. The summed E-state index contributed by atoms with van der Waals surface area (Å²) in [6.45, 7) is 5.62. The van der Waals surface area contributed by atoms with Crippen molar-refractivity contribution in [3.63, 3.8) is 0 Å². The van der Waals surface area contributed by atoms with Crippen molar-refractivity contribution in [3.05, 3.63) is 75.1 Å². The predicted molar refractivity (Wildman–Crippen MR) is 147 cm³/mol. The topological polar surface area (TPSA) is 82.1 Å². The van der Waals surface area contributed by atoms with Crippen LogP contribution in [0.3, 0.4) is 0 Å². The minimum absolute atomic E-state index is 0.204. The lowest BCUT2D eigenvalue weighted by molar-refractivity contribution is -0.149. The van der Waals surface area contributed by atoms with E-state index in [4.69, 9.17) is 14.2 Å². The molecule has 4 rings (SSSR count). The molecule has 9 heteroatoms. The highest BCUT2D eigenvalue weighted by molar-refractivity contribution is 9.10. The van der Waals surface area contributed by atoms with Crippen molar-refractivity contribution in [2.24, 2.45) is 0 Å². The Balaban J connectivity index is 1.56. The van der Waals surface area contributed by atoms with Gasteiger partial charge in [-0.1, -0.05) is 58.4 Å². The normalized spacial score (nSPS) is 14.6. The van der Waals surface area contributed by atoms with Crippen molar-refractivity contribution in [2.45, 2.75) is 33.5 Å². The Bertz CT molecular complexity index is 1380. The molecule has 1 aliphatic heterocycles. The van der Waals surface area contributed by atoms with Crippen molar-refractivity contribution >= 4 is 61.7 Å². The number of rotatable bonds is 9. The zero-order valence-corrected chi connectivity index (χ0v) is 23.1. The van der Waals surface area contributed by atoms with E-state index in [1.54, 1.807) is 32.1 Å². The molecule has 2 amide bonds. The number of imide groups is 1. The molecule has 37 heavy (non-hydrogen) atoms. The third-order valence-corrected chi connectivity index (χ3v) is 7.03. The summed E-state index contributed by atoms with van der Waals surface area (Å²) in [5, 5.41) is 1.73. The summed E-state index contributed by atoms with van der Waals surface area (Å²) >= 11 is 4.33. The molecule has 0 unspecified atom stereocenters. The number of thioether (sulfide) groups is 1. The van der Waals surface area contributed by atoms with Crippen LogP contribution in [0.15, 0.2) is 64.0 Å². The van der Waals surface area contributed by atoms with E-state index in [9.17, 15) is 14.4 Å². The number of halogens is 1. The summed E-state index contributed by atoms with van der Waals surface area (Å²) in [7, 11) is 0. The summed E-state index contributed by atoms with van der Waals surface area (Å²) in [6, 6.07) is 17.7. The number of esters is 1. The van der Waals surface area contributed by atoms with E-state index in [0.29, 0.717) is 34.7 Å². The van der Waals surface area contributed by atoms with Gasteiger partial charge in [0.1, 0.15) is 13.2 Å². The van der Waals surface area contributed by atoms with Gasteiger partial charge in [0.2, 0.25) is 0 Å². The van der Waals surface area contributed by atoms with Crippen molar-refractivity contribution in [1.29, 1.82) is 0 Å². The number of ether oxygens (including phenoxy) is 3. The third kappa shape index (κ3) is 6.34. The van der Waals surface area contributed by atoms with Gasteiger partial charge in [-0.05, 0) is 72.6 Å². The van der Waals surface area contributed by atoms with Crippen LogP contribution in [0.5, 0.6) is 11.5 Å². The first-order chi connectivity index (χ1) is 17.8. The maximum atomic E-state index is 12.8. The highest BCUT2D eigenvalue weighted by atomic mass is 79.9. The van der Waals surface area contributed by atoms with E-state index in [-0.39, 0.29) is 11.0 Å². The fourth-order valence-electron chi connectivity index (χ4n) is 3.82. The summed E-state index contributed by atoms with van der Waals surface area (Å²) in [6.07, 6.45) is 1.26. The van der Waals surface area contributed by atoms with E-state index in [1.807, 2.05) is 31.2 Å². The maximum absolute atomic E-state index is 12.8. The minimum Gasteiger partial charge on any atom is -0.490 e. The van der Waals surface area contributed by atoms with Crippen molar-refractivity contribution < 1.29 is 28.6 Å². The van der Waals surface area contributed by atoms with Crippen molar-refractivity contribution in [2.75, 3.05) is 13.2 Å². The Kier molecular flexibility index (Phi) is 8.56. The predicted octanol–water partition coefficient (Wildman–Crippen LogP) is 6.57. The molecule has 192 valence electrons. The lowest BCUT2D eigenvalue weighted by Gasteiger charge is -2.15. The van der Waals surface area contributed by atoms with Crippen LogP contribution in [0.25, 0.3) is 16.8 Å². The zero-order valence-electron chi connectivity index (χ0n) is 20.7. The lowest BCUT2D eigenvalue weighted by Crippen LogP contribution is -2.35. The van der Waals surface area contributed by atoms with Gasteiger partial charge in [-0.3, -0.25) is 19.3 Å². The second-order valence-corrected chi connectivity index (χ2v) is 10.3. The number of hydrogen-bond acceptors (Lipinski definition) is 7. The zero-order chi connectivity index (χ0) is 26.5. The lowest BCUT2D eigenvalue weighted by atomic mass is 10.1. The Morgan fingerprint density at radius 1 is 1.05 bits per heavy atom. The smallest absolute Gasteiger partial charge is 0.326 e. The molecule has 1 aliphatic rings. The van der Waals surface area contributed by atoms with E-state index >= 15 is 0 Å². The van der Waals surface area contributed by atoms with Crippen LogP contribution < -0.4 is 9.47 Å². The van der Waals surface area contributed by atoms with Gasteiger partial charge in [-0.15, -0.1) is 0 Å². The number of carbonyl (C=O) groups is 3. The summed E-state index contributed by atoms with van der Waals surface area (Å²) in [4.78, 5) is 38.3. The van der Waals surface area contributed by atoms with Crippen LogP contribution in [0.2, 0.25) is 0 Å². The highest BCUT2D eigenvalue weighted by Gasteiger charge is 2.37. The van der Waals surface area contributed by atoms with Crippen LogP contribution in [-0.4, -0.2) is 41.3 Å². The third-order valence-electron chi connectivity index (χ3n) is 5.44. The van der Waals surface area contributed by atoms with Gasteiger partial charge in [0, 0.05) is 4.47 Å². The molecule has 7 nitrogen and oxygen atoms in total. The highest BCUT2D eigenvalue weighted by Crippen LogP contribution is 2.38. The molecule has 0 atom stereocenters. The molecule has 1 saturated heterocycles. The molecule has 3 aromatic carbocycles. The van der Waals surface area contributed by atoms with Crippen LogP contribution >= 0.6 is 27.7 Å². The minimum atomic E-state index is -0.633. The van der Waals surface area contributed by atoms with E-state index in [2.05, 4.69) is 34.1 Å². The number of hydrogen-bond donors (Lipinski definition) is 0. The van der Waals surface area contributed by atoms with Gasteiger partial charge >= 0.3 is 5.97 Å². The molecule has 3 aromatic rings. The molecule has 1 fully saturated rings. The Morgan fingerprint density at radius 3 is 2.54 bits per heavy atom. The summed E-state index contributed by atoms with van der Waals surface area (Å²) in [5.41, 5.74) is 1.68. The van der Waals surface area contributed by atoms with Gasteiger partial charge in [-0.2, -0.15) is 0 Å². The monoisotopic (exact) mass is 583 g/mol. The maximum Gasteiger partial charge on any atom is 0.326 e. The van der Waals surface area contributed by atoms with Crippen molar-refractivity contribution in [3.8, 4) is 11.5 Å². The van der Waals surface area contributed by atoms with Crippen molar-refractivity contribution in [1.82, 2.24) is 4.90 Å². The summed E-state index contributed by atoms with van der Waals surface area (Å²) in [5.74, 6) is -0.122. The average Bonchev–Trinajstić information content (AvgIpc) is 3.11. The molecule has 0 N–H and O–H groups in total. The quantitative estimate of drug-likeness (QED) is 0.208. The van der Waals surface area contributed by atoms with Crippen LogP contribution in [0, 0.1) is 0 Å². The number of fused-ring (bicyclic) bond motifs is 1. The number of amides is 2. The van der Waals surface area contributed by atoms with Gasteiger partial charge < -0.3 is 14.2 Å². The van der Waals surface area contributed by atoms with Gasteiger partial charge in [0.05, 0.1) is 17.6 Å². The molecule has 0 bridgehead atoms. The van der Waals surface area contributed by atoms with E-state index in [1.165, 1.54) is 0 Å². The Morgan fingerprint density at radius 2 is 1.78 bits per heavy atom. The Hall–Kier alpha value is -3.30. The molecular formula is C28H26BrNO6S. The molecular weight excluding hydrogens is 558 g/mol. The second kappa shape index (κ2) is 11.8. The largest absolute Gasteiger partial charge is 0.490 e. The molecule has 0 aliphatic carbocycles. The molecule has 0 radical (unpaired) electrons. The van der Waals surface area contributed by atoms with E-state index < -0.39 is 23.7 Å². The number of benzene rings is 3. The average molecular weight is 584 g/mol. The molecule has 0 saturated carbocycles. The molecule has 0 aromatic heterocycles. The van der Waals surface area contributed by atoms with Gasteiger partial charge in [-0.25, -0.2) is 0 Å². The van der Waals surface area contributed by atoms with Crippen LogP contribution in [0.1, 0.15) is 31.9 Å². The fourth-order valence-corrected chi connectivity index (χ4v) is 5.09. The first-order valence-electron chi connectivity index (χ1n) is 11.8. The van der Waals surface area contributed by atoms with Crippen LogP contribution in [-0.2, 0) is 20.9 Å². The Labute approximate surface area is 227 Å².